The number of benzene rings is 1. The summed E-state index contributed by atoms with van der Waals surface area (Å²) >= 11 is 0. The molecule has 0 spiro atoms. The number of carbonyl (C=O) groups is 2. The Morgan fingerprint density at radius 3 is 2.82 bits per heavy atom. The Morgan fingerprint density at radius 2 is 2.11 bits per heavy atom. The Bertz CT molecular complexity index is 734. The van der Waals surface area contributed by atoms with Crippen LogP contribution in [-0.2, 0) is 9.53 Å². The lowest BCUT2D eigenvalue weighted by Gasteiger charge is -2.30. The Kier molecular flexibility index (Phi) is 5.63. The molecule has 9 heteroatoms. The van der Waals surface area contributed by atoms with Gasteiger partial charge in [0.05, 0.1) is 30.5 Å². The lowest BCUT2D eigenvalue weighted by atomic mass is 10.2. The van der Waals surface area contributed by atoms with Crippen LogP contribution in [0.15, 0.2) is 18.2 Å². The van der Waals surface area contributed by atoms with E-state index in [0.29, 0.717) is 11.4 Å². The maximum atomic E-state index is 14.6. The quantitative estimate of drug-likeness (QED) is 0.675. The molecule has 0 aromatic heterocycles. The van der Waals surface area contributed by atoms with E-state index in [4.69, 9.17) is 4.74 Å². The molecule has 8 nitrogen and oxygen atoms in total. The molecule has 3 saturated heterocycles. The Balaban J connectivity index is 1.35. The number of ether oxygens (including phenoxy) is 1. The maximum absolute atomic E-state index is 14.6. The molecule has 28 heavy (non-hydrogen) atoms. The zero-order valence-corrected chi connectivity index (χ0v) is 15.7. The highest BCUT2D eigenvalue weighted by Crippen LogP contribution is 2.28. The number of nitrogens with zero attached hydrogens (tertiary/aromatic N) is 2. The first-order chi connectivity index (χ1) is 13.6. The van der Waals surface area contributed by atoms with Gasteiger partial charge in [-0.3, -0.25) is 9.69 Å². The van der Waals surface area contributed by atoms with Crippen molar-refractivity contribution in [2.45, 2.75) is 25.0 Å². The monoisotopic (exact) mass is 391 g/mol. The molecule has 0 saturated carbocycles. The number of hydrogen-bond acceptors (Lipinski definition) is 6. The molecule has 2 amide bonds. The van der Waals surface area contributed by atoms with E-state index >= 15 is 0 Å². The smallest absolute Gasteiger partial charge is 0.414 e. The highest BCUT2D eigenvalue weighted by molar-refractivity contribution is 5.90. The summed E-state index contributed by atoms with van der Waals surface area (Å²) in [4.78, 5) is 27.7. The molecule has 3 heterocycles. The minimum absolute atomic E-state index is 0.0709. The summed E-state index contributed by atoms with van der Waals surface area (Å²) in [5.74, 6) is -0.422. The van der Waals surface area contributed by atoms with E-state index in [9.17, 15) is 14.0 Å². The topological polar surface area (TPSA) is 85.9 Å². The summed E-state index contributed by atoms with van der Waals surface area (Å²) in [5, 5.41) is 9.21. The van der Waals surface area contributed by atoms with Crippen molar-refractivity contribution in [3.63, 3.8) is 0 Å². The number of amides is 2. The summed E-state index contributed by atoms with van der Waals surface area (Å²) in [5.41, 5.74) is 1.01. The van der Waals surface area contributed by atoms with Gasteiger partial charge in [0.1, 0.15) is 11.9 Å². The molecule has 1 unspecified atom stereocenters. The molecule has 3 aliphatic heterocycles. The fourth-order valence-electron chi connectivity index (χ4n) is 3.91. The van der Waals surface area contributed by atoms with E-state index in [1.807, 2.05) is 4.90 Å². The number of anilines is 2. The predicted molar refractivity (Wildman–Crippen MR) is 103 cm³/mol. The van der Waals surface area contributed by atoms with Crippen LogP contribution in [0.4, 0.5) is 20.6 Å². The molecule has 1 aromatic rings. The van der Waals surface area contributed by atoms with Gasteiger partial charge in [-0.15, -0.1) is 0 Å². The van der Waals surface area contributed by atoms with Crippen LogP contribution in [0.25, 0.3) is 0 Å². The van der Waals surface area contributed by atoms with Crippen molar-refractivity contribution >= 4 is 23.4 Å². The van der Waals surface area contributed by atoms with E-state index in [2.05, 4.69) is 16.0 Å². The highest BCUT2D eigenvalue weighted by Gasteiger charge is 2.33. The molecule has 2 atom stereocenters. The van der Waals surface area contributed by atoms with Crippen LogP contribution in [0, 0.1) is 5.82 Å². The highest BCUT2D eigenvalue weighted by atomic mass is 19.1. The molecule has 0 radical (unpaired) electrons. The Morgan fingerprint density at radius 1 is 1.29 bits per heavy atom. The van der Waals surface area contributed by atoms with Crippen LogP contribution >= 0.6 is 0 Å². The van der Waals surface area contributed by atoms with Crippen LogP contribution in [-0.4, -0.2) is 70.0 Å². The van der Waals surface area contributed by atoms with E-state index in [0.717, 1.165) is 45.6 Å². The lowest BCUT2D eigenvalue weighted by Crippen LogP contribution is -2.44. The zero-order valence-electron chi connectivity index (χ0n) is 15.7. The van der Waals surface area contributed by atoms with Crippen LogP contribution in [0.3, 0.4) is 0 Å². The summed E-state index contributed by atoms with van der Waals surface area (Å²) < 4.78 is 20.0. The van der Waals surface area contributed by atoms with Gasteiger partial charge < -0.3 is 25.6 Å². The van der Waals surface area contributed by atoms with E-state index in [-0.39, 0.29) is 30.9 Å². The minimum atomic E-state index is -0.521. The number of cyclic esters (lactones) is 1. The van der Waals surface area contributed by atoms with Gasteiger partial charge in [-0.25, -0.2) is 9.18 Å². The first-order valence-electron chi connectivity index (χ1n) is 9.86. The van der Waals surface area contributed by atoms with Crippen molar-refractivity contribution in [2.24, 2.45) is 0 Å². The van der Waals surface area contributed by atoms with Crippen molar-refractivity contribution in [1.82, 2.24) is 16.0 Å². The van der Waals surface area contributed by atoms with Gasteiger partial charge in [0, 0.05) is 26.2 Å². The molecule has 0 bridgehead atoms. The number of nitrogens with one attached hydrogen (secondary N) is 3. The predicted octanol–water partition coefficient (Wildman–Crippen LogP) is 0.429. The number of halogens is 1. The average Bonchev–Trinajstić information content (AvgIpc) is 3.37. The number of rotatable bonds is 5. The van der Waals surface area contributed by atoms with E-state index < -0.39 is 12.2 Å². The fourth-order valence-corrected chi connectivity index (χ4v) is 3.91. The fraction of sp³-hybridized carbons (Fsp3) is 0.579. The SMILES string of the molecule is O=C(NC[C@@H]1CN(c2ccc(N3CCNCC3)c(F)c2)C(=O)O1)C1CCCN1. The minimum Gasteiger partial charge on any atom is -0.442 e. The lowest BCUT2D eigenvalue weighted by molar-refractivity contribution is -0.123. The molecule has 3 N–H and O–H groups in total. The Labute approximate surface area is 163 Å². The number of hydrogen-bond donors (Lipinski definition) is 3. The second-order valence-corrected chi connectivity index (χ2v) is 7.38. The van der Waals surface area contributed by atoms with E-state index in [1.165, 1.54) is 11.0 Å². The molecule has 0 aliphatic carbocycles. The zero-order chi connectivity index (χ0) is 19.5. The number of carbonyl (C=O) groups excluding carboxylic acids is 2. The summed E-state index contributed by atoms with van der Waals surface area (Å²) in [6.45, 7) is 4.52. The molecule has 152 valence electrons. The molecule has 4 rings (SSSR count). The van der Waals surface area contributed by atoms with Crippen molar-refractivity contribution in [3.8, 4) is 0 Å². The third-order valence-corrected chi connectivity index (χ3v) is 5.46. The van der Waals surface area contributed by atoms with Gasteiger partial charge in [0.2, 0.25) is 5.91 Å². The van der Waals surface area contributed by atoms with Crippen LogP contribution in [0.1, 0.15) is 12.8 Å². The standard InChI is InChI=1S/C19H26FN5O3/c20-15-10-13(3-4-17(15)24-8-6-21-7-9-24)25-12-14(28-19(25)27)11-23-18(26)16-2-1-5-22-16/h3-4,10,14,16,21-22H,1-2,5-9,11-12H2,(H,23,26)/t14-,16?/m1/s1. The van der Waals surface area contributed by atoms with Gasteiger partial charge in [-0.05, 0) is 37.6 Å². The summed E-state index contributed by atoms with van der Waals surface area (Å²) in [7, 11) is 0. The first-order valence-corrected chi connectivity index (χ1v) is 9.86. The van der Waals surface area contributed by atoms with Crippen molar-refractivity contribution < 1.29 is 18.7 Å². The molecular weight excluding hydrogens is 365 g/mol. The van der Waals surface area contributed by atoms with Crippen LogP contribution < -0.4 is 25.8 Å². The first kappa shape index (κ1) is 18.9. The van der Waals surface area contributed by atoms with Gasteiger partial charge in [0.25, 0.3) is 0 Å². The van der Waals surface area contributed by atoms with E-state index in [1.54, 1.807) is 12.1 Å². The number of piperazine rings is 1. The third kappa shape index (κ3) is 4.05. The van der Waals surface area contributed by atoms with Crippen molar-refractivity contribution in [1.29, 1.82) is 0 Å². The van der Waals surface area contributed by atoms with Crippen LogP contribution in [0.2, 0.25) is 0 Å². The van der Waals surface area contributed by atoms with Gasteiger partial charge in [0.15, 0.2) is 0 Å². The summed E-state index contributed by atoms with van der Waals surface area (Å²) in [6.07, 6.45) is 0.835. The molecular formula is C19H26FN5O3. The third-order valence-electron chi connectivity index (χ3n) is 5.46. The average molecular weight is 391 g/mol. The van der Waals surface area contributed by atoms with Crippen molar-refractivity contribution in [3.05, 3.63) is 24.0 Å². The van der Waals surface area contributed by atoms with Gasteiger partial charge >= 0.3 is 6.09 Å². The largest absolute Gasteiger partial charge is 0.442 e. The van der Waals surface area contributed by atoms with Crippen LogP contribution in [0.5, 0.6) is 0 Å². The molecule has 3 fully saturated rings. The Hall–Kier alpha value is -2.39. The second-order valence-electron chi connectivity index (χ2n) is 7.38. The van der Waals surface area contributed by atoms with Gasteiger partial charge in [-0.1, -0.05) is 0 Å². The normalized spacial score (nSPS) is 25.1. The van der Waals surface area contributed by atoms with Crippen molar-refractivity contribution in [2.75, 3.05) is 55.6 Å². The maximum Gasteiger partial charge on any atom is 0.414 e. The second kappa shape index (κ2) is 8.32. The van der Waals surface area contributed by atoms with Gasteiger partial charge in [-0.2, -0.15) is 0 Å². The molecule has 3 aliphatic rings. The summed E-state index contributed by atoms with van der Waals surface area (Å²) in [6, 6.07) is 4.66. The molecule has 1 aromatic carbocycles.